The van der Waals surface area contributed by atoms with Crippen molar-refractivity contribution in [1.82, 2.24) is 9.80 Å². The Balaban J connectivity index is 1.69. The zero-order chi connectivity index (χ0) is 16.2. The number of carbonyl (C=O) groups excluding carboxylic acids is 1. The normalized spacial score (nSPS) is 18.9. The fourth-order valence-electron chi connectivity index (χ4n) is 2.89. The van der Waals surface area contributed by atoms with E-state index in [0.717, 1.165) is 30.9 Å². The summed E-state index contributed by atoms with van der Waals surface area (Å²) in [5.74, 6) is 1.11. The van der Waals surface area contributed by atoms with E-state index in [1.165, 1.54) is 0 Å². The first-order chi connectivity index (χ1) is 11.1. The Kier molecular flexibility index (Phi) is 4.67. The molecule has 2 heterocycles. The molecule has 0 radical (unpaired) electrons. The van der Waals surface area contributed by atoms with Crippen LogP contribution >= 0.6 is 0 Å². The van der Waals surface area contributed by atoms with Gasteiger partial charge in [0.15, 0.2) is 5.76 Å². The molecule has 5 nitrogen and oxygen atoms in total. The lowest BCUT2D eigenvalue weighted by atomic mass is 10.1. The van der Waals surface area contributed by atoms with Crippen molar-refractivity contribution in [2.45, 2.75) is 19.6 Å². The van der Waals surface area contributed by atoms with Crippen LogP contribution in [-0.2, 0) is 6.61 Å². The smallest absolute Gasteiger partial charge is 0.290 e. The molecular formula is C18H22N2O3. The maximum absolute atomic E-state index is 12.8. The molecule has 1 atom stereocenters. The number of rotatable bonds is 4. The zero-order valence-electron chi connectivity index (χ0n) is 13.6. The van der Waals surface area contributed by atoms with Crippen LogP contribution in [0.5, 0.6) is 5.75 Å². The van der Waals surface area contributed by atoms with Crippen LogP contribution in [0.4, 0.5) is 0 Å². The quantitative estimate of drug-likeness (QED) is 0.870. The molecule has 0 N–H and O–H groups in total. The second-order valence-electron chi connectivity index (χ2n) is 5.99. The Morgan fingerprint density at radius 1 is 1.26 bits per heavy atom. The third kappa shape index (κ3) is 3.56. The van der Waals surface area contributed by atoms with E-state index in [4.69, 9.17) is 9.15 Å². The Labute approximate surface area is 136 Å². The highest BCUT2D eigenvalue weighted by atomic mass is 16.5. The average Bonchev–Trinajstić information content (AvgIpc) is 3.02. The monoisotopic (exact) mass is 314 g/mol. The van der Waals surface area contributed by atoms with Gasteiger partial charge in [0.05, 0.1) is 6.26 Å². The molecule has 23 heavy (non-hydrogen) atoms. The molecule has 1 amide bonds. The van der Waals surface area contributed by atoms with Gasteiger partial charge >= 0.3 is 0 Å². The Bertz CT molecular complexity index is 653. The van der Waals surface area contributed by atoms with Gasteiger partial charge in [-0.3, -0.25) is 4.79 Å². The first kappa shape index (κ1) is 15.6. The number of piperazine rings is 1. The number of para-hydroxylation sites is 1. The minimum atomic E-state index is -0.0535. The number of furan rings is 1. The van der Waals surface area contributed by atoms with Gasteiger partial charge in [-0.05, 0) is 32.2 Å². The molecule has 122 valence electrons. The Morgan fingerprint density at radius 2 is 2.04 bits per heavy atom. The minimum absolute atomic E-state index is 0.0535. The molecule has 1 aromatic heterocycles. The molecule has 0 unspecified atom stereocenters. The van der Waals surface area contributed by atoms with Crippen LogP contribution in [0, 0.1) is 0 Å². The van der Waals surface area contributed by atoms with Crippen molar-refractivity contribution in [3.63, 3.8) is 0 Å². The molecule has 2 aromatic rings. The summed E-state index contributed by atoms with van der Waals surface area (Å²) >= 11 is 0. The predicted molar refractivity (Wildman–Crippen MR) is 87.5 cm³/mol. The van der Waals surface area contributed by atoms with Crippen LogP contribution in [0.15, 0.2) is 47.1 Å². The van der Waals surface area contributed by atoms with Gasteiger partial charge in [0.1, 0.15) is 12.4 Å². The summed E-state index contributed by atoms with van der Waals surface area (Å²) in [5.41, 5.74) is 0.782. The van der Waals surface area contributed by atoms with Crippen LogP contribution in [0.2, 0.25) is 0 Å². The van der Waals surface area contributed by atoms with Crippen molar-refractivity contribution >= 4 is 5.91 Å². The van der Waals surface area contributed by atoms with Crippen molar-refractivity contribution in [2.24, 2.45) is 0 Å². The largest absolute Gasteiger partial charge is 0.489 e. The lowest BCUT2D eigenvalue weighted by Crippen LogP contribution is -2.52. The maximum atomic E-state index is 12.8. The number of hydrogen-bond donors (Lipinski definition) is 0. The number of benzene rings is 1. The van der Waals surface area contributed by atoms with E-state index in [0.29, 0.717) is 12.4 Å². The van der Waals surface area contributed by atoms with E-state index in [1.54, 1.807) is 12.3 Å². The molecular weight excluding hydrogens is 292 g/mol. The second kappa shape index (κ2) is 6.87. The van der Waals surface area contributed by atoms with Crippen molar-refractivity contribution in [2.75, 3.05) is 26.7 Å². The summed E-state index contributed by atoms with van der Waals surface area (Å²) in [5, 5.41) is 0. The molecule has 1 aliphatic rings. The fraction of sp³-hybridized carbons (Fsp3) is 0.389. The van der Waals surface area contributed by atoms with E-state index < -0.39 is 0 Å². The highest BCUT2D eigenvalue weighted by Gasteiger charge is 2.29. The molecule has 5 heteroatoms. The van der Waals surface area contributed by atoms with Crippen LogP contribution in [-0.4, -0.2) is 48.4 Å². The third-order valence-corrected chi connectivity index (χ3v) is 4.17. The van der Waals surface area contributed by atoms with E-state index in [1.807, 2.05) is 35.2 Å². The molecule has 1 aromatic carbocycles. The summed E-state index contributed by atoms with van der Waals surface area (Å²) < 4.78 is 11.2. The van der Waals surface area contributed by atoms with Gasteiger partial charge in [0.2, 0.25) is 0 Å². The minimum Gasteiger partial charge on any atom is -0.489 e. The number of hydrogen-bond acceptors (Lipinski definition) is 4. The summed E-state index contributed by atoms with van der Waals surface area (Å²) in [6, 6.07) is 11.5. The van der Waals surface area contributed by atoms with E-state index >= 15 is 0 Å². The number of ether oxygens (including phenoxy) is 1. The van der Waals surface area contributed by atoms with Gasteiger partial charge in [0.25, 0.3) is 5.91 Å². The van der Waals surface area contributed by atoms with Crippen LogP contribution < -0.4 is 4.74 Å². The van der Waals surface area contributed by atoms with E-state index in [2.05, 4.69) is 18.9 Å². The van der Waals surface area contributed by atoms with Crippen molar-refractivity contribution < 1.29 is 13.9 Å². The van der Waals surface area contributed by atoms with Gasteiger partial charge < -0.3 is 19.0 Å². The van der Waals surface area contributed by atoms with Gasteiger partial charge in [-0.15, -0.1) is 0 Å². The molecule has 1 aliphatic heterocycles. The van der Waals surface area contributed by atoms with Crippen molar-refractivity contribution in [3.8, 4) is 5.75 Å². The summed E-state index contributed by atoms with van der Waals surface area (Å²) in [4.78, 5) is 16.9. The summed E-state index contributed by atoms with van der Waals surface area (Å²) in [7, 11) is 2.07. The van der Waals surface area contributed by atoms with Crippen molar-refractivity contribution in [1.29, 1.82) is 0 Å². The number of carbonyl (C=O) groups is 1. The molecule has 1 fully saturated rings. The van der Waals surface area contributed by atoms with Gasteiger partial charge in [-0.25, -0.2) is 0 Å². The highest BCUT2D eigenvalue weighted by Crippen LogP contribution is 2.19. The predicted octanol–water partition coefficient (Wildman–Crippen LogP) is 2.63. The number of likely N-dealkylation sites (N-methyl/N-ethyl adjacent to an activating group) is 1. The Morgan fingerprint density at radius 3 is 2.78 bits per heavy atom. The lowest BCUT2D eigenvalue weighted by Gasteiger charge is -2.37. The van der Waals surface area contributed by atoms with Gasteiger partial charge in [0, 0.05) is 31.2 Å². The Hall–Kier alpha value is -2.27. The molecule has 0 bridgehead atoms. The average molecular weight is 314 g/mol. The van der Waals surface area contributed by atoms with Gasteiger partial charge in [-0.2, -0.15) is 0 Å². The molecule has 0 saturated carbocycles. The van der Waals surface area contributed by atoms with E-state index in [-0.39, 0.29) is 11.9 Å². The number of nitrogens with zero attached hydrogens (tertiary/aromatic N) is 2. The molecule has 0 aliphatic carbocycles. The zero-order valence-corrected chi connectivity index (χ0v) is 13.6. The van der Waals surface area contributed by atoms with Crippen LogP contribution in [0.25, 0.3) is 0 Å². The molecule has 1 saturated heterocycles. The SMILES string of the molecule is C[C@@H]1CN(C)CCN1C(=O)c1occc1COc1ccccc1. The second-order valence-corrected chi connectivity index (χ2v) is 5.99. The van der Waals surface area contributed by atoms with E-state index in [9.17, 15) is 4.79 Å². The maximum Gasteiger partial charge on any atom is 0.290 e. The first-order valence-electron chi connectivity index (χ1n) is 7.89. The standard InChI is InChI=1S/C18H22N2O3/c1-14-12-19(2)9-10-20(14)18(21)17-15(8-11-22-17)13-23-16-6-4-3-5-7-16/h3-8,11,14H,9-10,12-13H2,1-2H3/t14-/m1/s1. The first-order valence-corrected chi connectivity index (χ1v) is 7.89. The third-order valence-electron chi connectivity index (χ3n) is 4.17. The topological polar surface area (TPSA) is 45.9 Å². The molecule has 0 spiro atoms. The fourth-order valence-corrected chi connectivity index (χ4v) is 2.89. The van der Waals surface area contributed by atoms with Crippen LogP contribution in [0.3, 0.4) is 0 Å². The summed E-state index contributed by atoms with van der Waals surface area (Å²) in [6.45, 7) is 4.87. The van der Waals surface area contributed by atoms with Crippen LogP contribution in [0.1, 0.15) is 23.0 Å². The van der Waals surface area contributed by atoms with Gasteiger partial charge in [-0.1, -0.05) is 18.2 Å². The summed E-state index contributed by atoms with van der Waals surface area (Å²) in [6.07, 6.45) is 1.55. The highest BCUT2D eigenvalue weighted by molar-refractivity contribution is 5.93. The lowest BCUT2D eigenvalue weighted by molar-refractivity contribution is 0.0499. The molecule has 3 rings (SSSR count). The number of amides is 1. The van der Waals surface area contributed by atoms with Crippen molar-refractivity contribution in [3.05, 3.63) is 54.0 Å².